The molecule has 2 heteroatoms. The standard InChI is InChI=1S/C11H17FO/c1-6-9(8(3)4)11(13-5)10(12)7-2/h6-8H,1H2,2-5H3/b10-7+,11-9-. The number of rotatable bonds is 4. The van der Waals surface area contributed by atoms with E-state index in [4.69, 9.17) is 4.74 Å². The molecule has 0 aromatic rings. The van der Waals surface area contributed by atoms with Gasteiger partial charge in [0.15, 0.2) is 11.6 Å². The molecule has 0 fully saturated rings. The number of methoxy groups -OCH3 is 1. The van der Waals surface area contributed by atoms with Crippen LogP contribution in [0.4, 0.5) is 4.39 Å². The Balaban J connectivity index is 5.17. The molecule has 0 aliphatic carbocycles. The Kier molecular flexibility index (Phi) is 5.12. The van der Waals surface area contributed by atoms with E-state index in [-0.39, 0.29) is 17.5 Å². The van der Waals surface area contributed by atoms with Gasteiger partial charge in [0.2, 0.25) is 0 Å². The molecule has 0 heterocycles. The van der Waals surface area contributed by atoms with E-state index in [1.165, 1.54) is 13.2 Å². The van der Waals surface area contributed by atoms with Gasteiger partial charge in [-0.05, 0) is 24.5 Å². The smallest absolute Gasteiger partial charge is 0.161 e. The zero-order chi connectivity index (χ0) is 10.4. The minimum Gasteiger partial charge on any atom is -0.493 e. The summed E-state index contributed by atoms with van der Waals surface area (Å²) in [5.41, 5.74) is 0.790. The number of hydrogen-bond donors (Lipinski definition) is 0. The second-order valence-electron chi connectivity index (χ2n) is 2.98. The predicted molar refractivity (Wildman–Crippen MR) is 53.9 cm³/mol. The van der Waals surface area contributed by atoms with Crippen LogP contribution in [0.3, 0.4) is 0 Å². The van der Waals surface area contributed by atoms with Crippen LogP contribution in [0.1, 0.15) is 20.8 Å². The van der Waals surface area contributed by atoms with E-state index in [0.717, 1.165) is 5.57 Å². The number of ether oxygens (including phenoxy) is 1. The van der Waals surface area contributed by atoms with Crippen LogP contribution < -0.4 is 0 Å². The summed E-state index contributed by atoms with van der Waals surface area (Å²) in [5, 5.41) is 0. The zero-order valence-corrected chi connectivity index (χ0v) is 8.73. The summed E-state index contributed by atoms with van der Waals surface area (Å²) in [7, 11) is 1.46. The third kappa shape index (κ3) is 3.05. The second-order valence-corrected chi connectivity index (χ2v) is 2.98. The molecular formula is C11H17FO. The quantitative estimate of drug-likeness (QED) is 0.479. The van der Waals surface area contributed by atoms with Gasteiger partial charge in [0, 0.05) is 0 Å². The van der Waals surface area contributed by atoms with Crippen LogP contribution in [0, 0.1) is 5.92 Å². The van der Waals surface area contributed by atoms with Gasteiger partial charge in [-0.25, -0.2) is 4.39 Å². The molecular weight excluding hydrogens is 167 g/mol. The topological polar surface area (TPSA) is 9.23 Å². The molecule has 0 N–H and O–H groups in total. The maximum absolute atomic E-state index is 13.2. The molecule has 0 unspecified atom stereocenters. The highest BCUT2D eigenvalue weighted by Crippen LogP contribution is 2.23. The Morgan fingerprint density at radius 1 is 1.46 bits per heavy atom. The van der Waals surface area contributed by atoms with Crippen molar-refractivity contribution in [3.63, 3.8) is 0 Å². The van der Waals surface area contributed by atoms with Gasteiger partial charge in [-0.3, -0.25) is 0 Å². The summed E-state index contributed by atoms with van der Waals surface area (Å²) in [6.45, 7) is 9.21. The van der Waals surface area contributed by atoms with Crippen LogP contribution in [0.2, 0.25) is 0 Å². The summed E-state index contributed by atoms with van der Waals surface area (Å²) in [5.74, 6) is 0.150. The first kappa shape index (κ1) is 11.9. The summed E-state index contributed by atoms with van der Waals surface area (Å²) in [4.78, 5) is 0. The Morgan fingerprint density at radius 2 is 2.00 bits per heavy atom. The summed E-state index contributed by atoms with van der Waals surface area (Å²) in [6, 6.07) is 0. The monoisotopic (exact) mass is 184 g/mol. The van der Waals surface area contributed by atoms with Crippen molar-refractivity contribution in [2.24, 2.45) is 5.92 Å². The van der Waals surface area contributed by atoms with Crippen LogP contribution in [-0.2, 0) is 4.74 Å². The lowest BCUT2D eigenvalue weighted by Crippen LogP contribution is -1.99. The van der Waals surface area contributed by atoms with E-state index in [1.807, 2.05) is 13.8 Å². The Hall–Kier alpha value is -1.05. The molecule has 0 aliphatic heterocycles. The summed E-state index contributed by atoms with van der Waals surface area (Å²) in [6.07, 6.45) is 3.01. The molecule has 0 aromatic heterocycles. The van der Waals surface area contributed by atoms with Gasteiger partial charge < -0.3 is 4.74 Å². The minimum atomic E-state index is -0.342. The molecule has 0 spiro atoms. The first-order valence-electron chi connectivity index (χ1n) is 4.31. The lowest BCUT2D eigenvalue weighted by Gasteiger charge is -2.12. The van der Waals surface area contributed by atoms with E-state index in [2.05, 4.69) is 6.58 Å². The van der Waals surface area contributed by atoms with Gasteiger partial charge in [0.25, 0.3) is 0 Å². The van der Waals surface area contributed by atoms with E-state index in [0.29, 0.717) is 0 Å². The van der Waals surface area contributed by atoms with E-state index < -0.39 is 0 Å². The lowest BCUT2D eigenvalue weighted by molar-refractivity contribution is 0.276. The summed E-state index contributed by atoms with van der Waals surface area (Å²) < 4.78 is 18.2. The predicted octanol–water partition coefficient (Wildman–Crippen LogP) is 3.60. The van der Waals surface area contributed by atoms with Crippen LogP contribution in [0.25, 0.3) is 0 Å². The van der Waals surface area contributed by atoms with Crippen molar-refractivity contribution in [2.45, 2.75) is 20.8 Å². The van der Waals surface area contributed by atoms with Crippen molar-refractivity contribution in [2.75, 3.05) is 7.11 Å². The molecule has 74 valence electrons. The summed E-state index contributed by atoms with van der Waals surface area (Å²) >= 11 is 0. The third-order valence-corrected chi connectivity index (χ3v) is 1.78. The van der Waals surface area contributed by atoms with Gasteiger partial charge in [0.05, 0.1) is 7.11 Å². The molecule has 0 atom stereocenters. The number of hydrogen-bond acceptors (Lipinski definition) is 1. The van der Waals surface area contributed by atoms with Crippen molar-refractivity contribution in [1.82, 2.24) is 0 Å². The molecule has 0 radical (unpaired) electrons. The van der Waals surface area contributed by atoms with Gasteiger partial charge in [-0.15, -0.1) is 0 Å². The van der Waals surface area contributed by atoms with Crippen LogP contribution in [0.15, 0.2) is 35.9 Å². The first-order valence-corrected chi connectivity index (χ1v) is 4.31. The van der Waals surface area contributed by atoms with Crippen molar-refractivity contribution in [3.05, 3.63) is 35.9 Å². The molecule has 0 bridgehead atoms. The van der Waals surface area contributed by atoms with Crippen molar-refractivity contribution in [3.8, 4) is 0 Å². The maximum atomic E-state index is 13.2. The Bertz CT molecular complexity index is 236. The van der Waals surface area contributed by atoms with Crippen molar-refractivity contribution < 1.29 is 9.13 Å². The fourth-order valence-electron chi connectivity index (χ4n) is 1.07. The molecule has 0 rings (SSSR count). The first-order chi connectivity index (χ1) is 6.08. The fraction of sp³-hybridized carbons (Fsp3) is 0.455. The minimum absolute atomic E-state index is 0.207. The van der Waals surface area contributed by atoms with Gasteiger partial charge in [-0.1, -0.05) is 26.5 Å². The molecule has 0 aliphatic rings. The largest absolute Gasteiger partial charge is 0.493 e. The van der Waals surface area contributed by atoms with Gasteiger partial charge >= 0.3 is 0 Å². The highest BCUT2D eigenvalue weighted by atomic mass is 19.1. The van der Waals surface area contributed by atoms with Gasteiger partial charge in [0.1, 0.15) is 0 Å². The number of halogens is 1. The normalized spacial score (nSPS) is 14.2. The molecule has 13 heavy (non-hydrogen) atoms. The van der Waals surface area contributed by atoms with Crippen LogP contribution in [0.5, 0.6) is 0 Å². The van der Waals surface area contributed by atoms with Crippen molar-refractivity contribution in [1.29, 1.82) is 0 Å². The highest BCUT2D eigenvalue weighted by Gasteiger charge is 2.11. The fourth-order valence-corrected chi connectivity index (χ4v) is 1.07. The van der Waals surface area contributed by atoms with E-state index in [1.54, 1.807) is 13.0 Å². The van der Waals surface area contributed by atoms with Crippen molar-refractivity contribution >= 4 is 0 Å². The lowest BCUT2D eigenvalue weighted by atomic mass is 10.0. The van der Waals surface area contributed by atoms with E-state index >= 15 is 0 Å². The van der Waals surface area contributed by atoms with Gasteiger partial charge in [-0.2, -0.15) is 0 Å². The molecule has 0 saturated carbocycles. The third-order valence-electron chi connectivity index (χ3n) is 1.78. The van der Waals surface area contributed by atoms with Crippen LogP contribution >= 0.6 is 0 Å². The Morgan fingerprint density at radius 3 is 2.23 bits per heavy atom. The van der Waals surface area contributed by atoms with E-state index in [9.17, 15) is 4.39 Å². The molecule has 0 aromatic carbocycles. The molecule has 0 saturated heterocycles. The highest BCUT2D eigenvalue weighted by molar-refractivity contribution is 5.32. The average molecular weight is 184 g/mol. The maximum Gasteiger partial charge on any atom is 0.161 e. The second kappa shape index (κ2) is 5.57. The zero-order valence-electron chi connectivity index (χ0n) is 8.73. The number of allylic oxidation sites excluding steroid dienone is 4. The SMILES string of the molecule is C=C/C(=C(OC)\C(F)=C/C)C(C)C. The van der Waals surface area contributed by atoms with Crippen LogP contribution in [-0.4, -0.2) is 7.11 Å². The molecule has 1 nitrogen and oxygen atoms in total. The average Bonchev–Trinajstić information content (AvgIpc) is 2.12. The Labute approximate surface area is 79.6 Å². The molecule has 0 amide bonds.